The summed E-state index contributed by atoms with van der Waals surface area (Å²) in [6, 6.07) is -0.000802. The highest BCUT2D eigenvalue weighted by Gasteiger charge is 2.25. The molecule has 1 aromatic heterocycles. The molecule has 0 saturated carbocycles. The second-order valence-electron chi connectivity index (χ2n) is 4.83. The fourth-order valence-corrected chi connectivity index (χ4v) is 2.96. The van der Waals surface area contributed by atoms with Crippen molar-refractivity contribution >= 4 is 17.2 Å². The summed E-state index contributed by atoms with van der Waals surface area (Å²) in [6.45, 7) is 3.84. The molecule has 2 unspecified atom stereocenters. The van der Waals surface area contributed by atoms with E-state index in [-0.39, 0.29) is 11.9 Å². The van der Waals surface area contributed by atoms with Gasteiger partial charge in [-0.25, -0.2) is 4.98 Å². The van der Waals surface area contributed by atoms with E-state index in [4.69, 9.17) is 0 Å². The van der Waals surface area contributed by atoms with Crippen molar-refractivity contribution in [2.75, 3.05) is 13.1 Å². The van der Waals surface area contributed by atoms with Crippen molar-refractivity contribution in [3.05, 3.63) is 16.6 Å². The van der Waals surface area contributed by atoms with Gasteiger partial charge in [0.1, 0.15) is 0 Å². The van der Waals surface area contributed by atoms with Gasteiger partial charge in [0, 0.05) is 18.3 Å². The monoisotopic (exact) mass is 267 g/mol. The maximum Gasteiger partial charge on any atom is 0.237 e. The van der Waals surface area contributed by atoms with Gasteiger partial charge in [-0.15, -0.1) is 11.3 Å². The maximum absolute atomic E-state index is 12.0. The summed E-state index contributed by atoms with van der Waals surface area (Å²) in [7, 11) is 0. The molecule has 0 aromatic carbocycles. The fraction of sp³-hybridized carbons (Fsp3) is 0.692. The van der Waals surface area contributed by atoms with E-state index in [2.05, 4.69) is 22.5 Å². The normalized spacial score (nSPS) is 23.8. The molecule has 2 atom stereocenters. The molecule has 0 aliphatic carbocycles. The summed E-state index contributed by atoms with van der Waals surface area (Å²) in [6.07, 6.45) is 4.15. The van der Waals surface area contributed by atoms with E-state index < -0.39 is 0 Å². The first-order chi connectivity index (χ1) is 8.79. The van der Waals surface area contributed by atoms with Crippen LogP contribution in [0.3, 0.4) is 0 Å². The summed E-state index contributed by atoms with van der Waals surface area (Å²) in [5, 5.41) is 8.33. The minimum atomic E-state index is -0.000802. The summed E-state index contributed by atoms with van der Waals surface area (Å²) in [4.78, 5) is 16.2. The number of hydrogen-bond donors (Lipinski definition) is 2. The lowest BCUT2D eigenvalue weighted by atomic mass is 9.90. The number of aromatic nitrogens is 1. The zero-order valence-corrected chi connectivity index (χ0v) is 11.6. The third kappa shape index (κ3) is 3.78. The van der Waals surface area contributed by atoms with Crippen LogP contribution in [0.5, 0.6) is 0 Å². The Morgan fingerprint density at radius 1 is 1.67 bits per heavy atom. The van der Waals surface area contributed by atoms with E-state index in [1.807, 2.05) is 10.9 Å². The topological polar surface area (TPSA) is 54.0 Å². The molecule has 18 heavy (non-hydrogen) atoms. The standard InChI is InChI=1S/C13H21N3OS/c1-2-10-3-5-14-12(7-10)13(17)15-6-4-11-8-18-9-16-11/h8-10,12,14H,2-7H2,1H3,(H,15,17). The van der Waals surface area contributed by atoms with E-state index in [0.29, 0.717) is 12.5 Å². The SMILES string of the molecule is CCC1CCNC(C(=O)NCCc2cscn2)C1. The predicted octanol–water partition coefficient (Wildman–Crippen LogP) is 1.58. The van der Waals surface area contributed by atoms with E-state index in [1.54, 1.807) is 11.3 Å². The first kappa shape index (κ1) is 13.5. The molecule has 1 amide bonds. The second-order valence-corrected chi connectivity index (χ2v) is 5.54. The molecule has 5 heteroatoms. The Labute approximate surface area is 112 Å². The van der Waals surface area contributed by atoms with E-state index in [1.165, 1.54) is 12.8 Å². The van der Waals surface area contributed by atoms with Crippen LogP contribution in [0.25, 0.3) is 0 Å². The number of nitrogens with zero attached hydrogens (tertiary/aromatic N) is 1. The van der Waals surface area contributed by atoms with Gasteiger partial charge in [-0.2, -0.15) is 0 Å². The molecule has 2 N–H and O–H groups in total. The highest BCUT2D eigenvalue weighted by molar-refractivity contribution is 7.07. The summed E-state index contributed by atoms with van der Waals surface area (Å²) < 4.78 is 0. The molecule has 0 spiro atoms. The molecule has 1 aromatic rings. The first-order valence-electron chi connectivity index (χ1n) is 6.67. The van der Waals surface area contributed by atoms with Crippen molar-refractivity contribution in [2.24, 2.45) is 5.92 Å². The van der Waals surface area contributed by atoms with Crippen LogP contribution in [-0.2, 0) is 11.2 Å². The van der Waals surface area contributed by atoms with Crippen LogP contribution in [0.15, 0.2) is 10.9 Å². The number of carbonyl (C=O) groups excluding carboxylic acids is 1. The van der Waals surface area contributed by atoms with Crippen LogP contribution in [-0.4, -0.2) is 30.0 Å². The van der Waals surface area contributed by atoms with Crippen molar-refractivity contribution in [1.82, 2.24) is 15.6 Å². The molecule has 2 rings (SSSR count). The van der Waals surface area contributed by atoms with Gasteiger partial charge in [-0.3, -0.25) is 4.79 Å². The fourth-order valence-electron chi connectivity index (χ4n) is 2.36. The van der Waals surface area contributed by atoms with Crippen LogP contribution < -0.4 is 10.6 Å². The van der Waals surface area contributed by atoms with Gasteiger partial charge in [0.25, 0.3) is 0 Å². The lowest BCUT2D eigenvalue weighted by molar-refractivity contribution is -0.124. The van der Waals surface area contributed by atoms with Crippen LogP contribution >= 0.6 is 11.3 Å². The van der Waals surface area contributed by atoms with E-state index in [0.717, 1.165) is 25.1 Å². The lowest BCUT2D eigenvalue weighted by Crippen LogP contribution is -2.49. The molecule has 1 aliphatic heterocycles. The summed E-state index contributed by atoms with van der Waals surface area (Å²) in [5.41, 5.74) is 2.88. The molecule has 0 bridgehead atoms. The van der Waals surface area contributed by atoms with Crippen molar-refractivity contribution in [3.63, 3.8) is 0 Å². The highest BCUT2D eigenvalue weighted by atomic mass is 32.1. The van der Waals surface area contributed by atoms with Crippen molar-refractivity contribution in [2.45, 2.75) is 38.6 Å². The maximum atomic E-state index is 12.0. The van der Waals surface area contributed by atoms with Crippen molar-refractivity contribution < 1.29 is 4.79 Å². The minimum Gasteiger partial charge on any atom is -0.354 e. The van der Waals surface area contributed by atoms with Gasteiger partial charge in [0.2, 0.25) is 5.91 Å². The third-order valence-corrected chi connectivity index (χ3v) is 4.21. The Bertz CT molecular complexity index is 366. The summed E-state index contributed by atoms with van der Waals surface area (Å²) in [5.74, 6) is 0.837. The third-order valence-electron chi connectivity index (χ3n) is 3.57. The molecule has 1 aliphatic rings. The first-order valence-corrected chi connectivity index (χ1v) is 7.62. The largest absolute Gasteiger partial charge is 0.354 e. The Hall–Kier alpha value is -0.940. The smallest absolute Gasteiger partial charge is 0.237 e. The second kappa shape index (κ2) is 6.85. The Morgan fingerprint density at radius 3 is 3.28 bits per heavy atom. The zero-order chi connectivity index (χ0) is 12.8. The molecule has 100 valence electrons. The van der Waals surface area contributed by atoms with E-state index in [9.17, 15) is 4.79 Å². The molecule has 1 fully saturated rings. The highest BCUT2D eigenvalue weighted by Crippen LogP contribution is 2.19. The number of rotatable bonds is 5. The molecular weight excluding hydrogens is 246 g/mol. The van der Waals surface area contributed by atoms with Crippen LogP contribution in [0, 0.1) is 5.92 Å². The van der Waals surface area contributed by atoms with Gasteiger partial charge in [0.05, 0.1) is 17.2 Å². The predicted molar refractivity (Wildman–Crippen MR) is 73.6 cm³/mol. The summed E-state index contributed by atoms with van der Waals surface area (Å²) >= 11 is 1.59. The number of amides is 1. The average Bonchev–Trinajstić information content (AvgIpc) is 2.92. The molecule has 4 nitrogen and oxygen atoms in total. The number of thiazole rings is 1. The van der Waals surface area contributed by atoms with Crippen LogP contribution in [0.4, 0.5) is 0 Å². The zero-order valence-electron chi connectivity index (χ0n) is 10.8. The van der Waals surface area contributed by atoms with Gasteiger partial charge in [0.15, 0.2) is 0 Å². The van der Waals surface area contributed by atoms with E-state index >= 15 is 0 Å². The molecular formula is C13H21N3OS. The van der Waals surface area contributed by atoms with Crippen LogP contribution in [0.2, 0.25) is 0 Å². The quantitative estimate of drug-likeness (QED) is 0.851. The van der Waals surface area contributed by atoms with Crippen LogP contribution in [0.1, 0.15) is 31.9 Å². The number of piperidine rings is 1. The molecule has 1 saturated heterocycles. The number of carbonyl (C=O) groups is 1. The Balaban J connectivity index is 1.70. The molecule has 0 radical (unpaired) electrons. The van der Waals surface area contributed by atoms with Gasteiger partial charge in [-0.1, -0.05) is 13.3 Å². The van der Waals surface area contributed by atoms with Gasteiger partial charge < -0.3 is 10.6 Å². The minimum absolute atomic E-state index is 0.000802. The van der Waals surface area contributed by atoms with Crippen molar-refractivity contribution in [1.29, 1.82) is 0 Å². The number of nitrogens with one attached hydrogen (secondary N) is 2. The van der Waals surface area contributed by atoms with Gasteiger partial charge in [-0.05, 0) is 25.3 Å². The van der Waals surface area contributed by atoms with Crippen molar-refractivity contribution in [3.8, 4) is 0 Å². The van der Waals surface area contributed by atoms with Gasteiger partial charge >= 0.3 is 0 Å². The molecule has 2 heterocycles. The Morgan fingerprint density at radius 2 is 2.56 bits per heavy atom. The lowest BCUT2D eigenvalue weighted by Gasteiger charge is -2.28. The average molecular weight is 267 g/mol. The number of hydrogen-bond acceptors (Lipinski definition) is 4. The Kier molecular flexibility index (Phi) is 5.13.